The molecule has 3 heteroatoms. The van der Waals surface area contributed by atoms with Crippen molar-refractivity contribution in [2.24, 2.45) is 0 Å². The Kier molecular flexibility index (Phi) is 4.97. The number of nitrogens with one attached hydrogen (secondary N) is 2. The maximum absolute atomic E-state index is 11.1. The summed E-state index contributed by atoms with van der Waals surface area (Å²) < 4.78 is 0. The third-order valence-corrected chi connectivity index (χ3v) is 3.66. The first-order chi connectivity index (χ1) is 9.13. The maximum atomic E-state index is 11.1. The first-order valence-electron chi connectivity index (χ1n) is 7.26. The molecule has 0 aromatic heterocycles. The van der Waals surface area contributed by atoms with Crippen molar-refractivity contribution < 1.29 is 4.79 Å². The zero-order chi connectivity index (χ0) is 13.7. The monoisotopic (exact) mass is 260 g/mol. The van der Waals surface area contributed by atoms with E-state index in [0.29, 0.717) is 12.1 Å². The number of rotatable bonds is 5. The highest BCUT2D eigenvalue weighted by atomic mass is 16.1. The van der Waals surface area contributed by atoms with Gasteiger partial charge < -0.3 is 10.6 Å². The number of benzene rings is 1. The lowest BCUT2D eigenvalue weighted by Crippen LogP contribution is -2.35. The van der Waals surface area contributed by atoms with Crippen LogP contribution in [-0.2, 0) is 11.2 Å². The Morgan fingerprint density at radius 1 is 1.37 bits per heavy atom. The van der Waals surface area contributed by atoms with Crippen LogP contribution in [0.15, 0.2) is 24.3 Å². The summed E-state index contributed by atoms with van der Waals surface area (Å²) in [5.74, 6) is -0.0192. The zero-order valence-corrected chi connectivity index (χ0v) is 11.9. The van der Waals surface area contributed by atoms with Crippen LogP contribution in [0.2, 0.25) is 0 Å². The Morgan fingerprint density at radius 2 is 2.11 bits per heavy atom. The topological polar surface area (TPSA) is 41.1 Å². The Balaban J connectivity index is 1.88. The largest absolute Gasteiger partial charge is 0.326 e. The Labute approximate surface area is 115 Å². The van der Waals surface area contributed by atoms with Crippen LogP contribution in [-0.4, -0.2) is 18.0 Å². The minimum Gasteiger partial charge on any atom is -0.326 e. The van der Waals surface area contributed by atoms with Crippen LogP contribution in [0.1, 0.15) is 45.1 Å². The molecule has 0 bridgehead atoms. The summed E-state index contributed by atoms with van der Waals surface area (Å²) in [6.45, 7) is 3.78. The summed E-state index contributed by atoms with van der Waals surface area (Å²) in [5, 5.41) is 6.53. The Bertz CT molecular complexity index is 425. The molecule has 1 amide bonds. The van der Waals surface area contributed by atoms with Crippen molar-refractivity contribution in [1.82, 2.24) is 5.32 Å². The molecule has 1 atom stereocenters. The zero-order valence-electron chi connectivity index (χ0n) is 11.9. The average Bonchev–Trinajstić information content (AvgIpc) is 2.81. The van der Waals surface area contributed by atoms with Gasteiger partial charge in [-0.1, -0.05) is 25.0 Å². The van der Waals surface area contributed by atoms with Gasteiger partial charge in [0.15, 0.2) is 0 Å². The second-order valence-electron chi connectivity index (χ2n) is 5.63. The summed E-state index contributed by atoms with van der Waals surface area (Å²) in [7, 11) is 0. The molecule has 1 aromatic rings. The van der Waals surface area contributed by atoms with Gasteiger partial charge in [-0.2, -0.15) is 0 Å². The molecular formula is C16H24N2O. The molecule has 1 aromatic carbocycles. The van der Waals surface area contributed by atoms with E-state index in [9.17, 15) is 4.79 Å². The molecule has 0 heterocycles. The molecule has 104 valence electrons. The predicted octanol–water partition coefficient (Wildman–Crippen LogP) is 3.11. The second-order valence-corrected chi connectivity index (χ2v) is 5.63. The van der Waals surface area contributed by atoms with Crippen molar-refractivity contribution >= 4 is 11.6 Å². The first-order valence-corrected chi connectivity index (χ1v) is 7.26. The predicted molar refractivity (Wildman–Crippen MR) is 79.3 cm³/mol. The summed E-state index contributed by atoms with van der Waals surface area (Å²) in [4.78, 5) is 11.1. The summed E-state index contributed by atoms with van der Waals surface area (Å²) in [5.41, 5.74) is 2.15. The van der Waals surface area contributed by atoms with E-state index in [4.69, 9.17) is 0 Å². The molecule has 1 unspecified atom stereocenters. The third-order valence-electron chi connectivity index (χ3n) is 3.66. The molecule has 1 aliphatic carbocycles. The van der Waals surface area contributed by atoms with E-state index in [1.165, 1.54) is 38.2 Å². The molecule has 0 aliphatic heterocycles. The van der Waals surface area contributed by atoms with Gasteiger partial charge in [-0.15, -0.1) is 0 Å². The van der Waals surface area contributed by atoms with E-state index in [-0.39, 0.29) is 5.91 Å². The fourth-order valence-corrected chi connectivity index (χ4v) is 2.89. The van der Waals surface area contributed by atoms with Gasteiger partial charge in [0.1, 0.15) is 0 Å². The van der Waals surface area contributed by atoms with Crippen LogP contribution < -0.4 is 10.6 Å². The Morgan fingerprint density at radius 3 is 2.79 bits per heavy atom. The van der Waals surface area contributed by atoms with E-state index in [0.717, 1.165) is 12.1 Å². The number of hydrogen-bond donors (Lipinski definition) is 2. The molecule has 3 nitrogen and oxygen atoms in total. The van der Waals surface area contributed by atoms with Gasteiger partial charge in [0, 0.05) is 24.7 Å². The highest BCUT2D eigenvalue weighted by molar-refractivity contribution is 5.88. The fraction of sp³-hybridized carbons (Fsp3) is 0.562. The van der Waals surface area contributed by atoms with Crippen molar-refractivity contribution in [3.63, 3.8) is 0 Å². The number of carbonyl (C=O) groups excluding carboxylic acids is 1. The van der Waals surface area contributed by atoms with E-state index >= 15 is 0 Å². The van der Waals surface area contributed by atoms with Gasteiger partial charge in [0.05, 0.1) is 0 Å². The van der Waals surface area contributed by atoms with Crippen LogP contribution >= 0.6 is 0 Å². The van der Waals surface area contributed by atoms with Crippen molar-refractivity contribution in [3.05, 3.63) is 29.8 Å². The lowest BCUT2D eigenvalue weighted by atomic mass is 10.1. The standard InChI is InChI=1S/C16H24N2O/c1-12(17-15-7-3-4-8-15)10-14-6-5-9-16(11-14)18-13(2)19/h5-6,9,11-12,15,17H,3-4,7-8,10H2,1-2H3,(H,18,19). The van der Waals surface area contributed by atoms with E-state index in [1.54, 1.807) is 0 Å². The molecule has 0 saturated heterocycles. The number of hydrogen-bond acceptors (Lipinski definition) is 2. The minimum atomic E-state index is -0.0192. The molecule has 0 radical (unpaired) electrons. The lowest BCUT2D eigenvalue weighted by Gasteiger charge is -2.19. The van der Waals surface area contributed by atoms with Crippen molar-refractivity contribution in [1.29, 1.82) is 0 Å². The molecule has 1 fully saturated rings. The van der Waals surface area contributed by atoms with Crippen LogP contribution in [0.5, 0.6) is 0 Å². The molecule has 1 saturated carbocycles. The summed E-state index contributed by atoms with van der Waals surface area (Å²) in [6, 6.07) is 9.30. The van der Waals surface area contributed by atoms with Crippen molar-refractivity contribution in [2.45, 2.75) is 58.0 Å². The van der Waals surface area contributed by atoms with Gasteiger partial charge in [-0.25, -0.2) is 0 Å². The highest BCUT2D eigenvalue weighted by Crippen LogP contribution is 2.19. The van der Waals surface area contributed by atoms with Crippen LogP contribution in [0.3, 0.4) is 0 Å². The van der Waals surface area contributed by atoms with Gasteiger partial charge in [-0.3, -0.25) is 4.79 Å². The normalized spacial score (nSPS) is 17.4. The van der Waals surface area contributed by atoms with Gasteiger partial charge in [-0.05, 0) is 43.9 Å². The first kappa shape index (κ1) is 14.1. The van der Waals surface area contributed by atoms with Crippen molar-refractivity contribution in [3.8, 4) is 0 Å². The van der Waals surface area contributed by atoms with Crippen LogP contribution in [0.25, 0.3) is 0 Å². The van der Waals surface area contributed by atoms with Gasteiger partial charge in [0.25, 0.3) is 0 Å². The van der Waals surface area contributed by atoms with E-state index < -0.39 is 0 Å². The Hall–Kier alpha value is -1.35. The minimum absolute atomic E-state index is 0.0192. The average molecular weight is 260 g/mol. The fourth-order valence-electron chi connectivity index (χ4n) is 2.89. The van der Waals surface area contributed by atoms with Crippen LogP contribution in [0, 0.1) is 0 Å². The smallest absolute Gasteiger partial charge is 0.221 e. The molecule has 2 rings (SSSR count). The number of amides is 1. The highest BCUT2D eigenvalue weighted by Gasteiger charge is 2.16. The molecular weight excluding hydrogens is 236 g/mol. The van der Waals surface area contributed by atoms with Gasteiger partial charge >= 0.3 is 0 Å². The number of carbonyl (C=O) groups is 1. The number of anilines is 1. The van der Waals surface area contributed by atoms with Crippen molar-refractivity contribution in [2.75, 3.05) is 5.32 Å². The second kappa shape index (κ2) is 6.71. The van der Waals surface area contributed by atoms with E-state index in [2.05, 4.69) is 29.7 Å². The van der Waals surface area contributed by atoms with E-state index in [1.807, 2.05) is 12.1 Å². The van der Waals surface area contributed by atoms with Crippen LogP contribution in [0.4, 0.5) is 5.69 Å². The molecule has 0 spiro atoms. The quantitative estimate of drug-likeness (QED) is 0.854. The summed E-state index contributed by atoms with van der Waals surface area (Å²) in [6.07, 6.45) is 6.36. The maximum Gasteiger partial charge on any atom is 0.221 e. The molecule has 1 aliphatic rings. The SMILES string of the molecule is CC(=O)Nc1cccc(CC(C)NC2CCCC2)c1. The molecule has 19 heavy (non-hydrogen) atoms. The molecule has 2 N–H and O–H groups in total. The lowest BCUT2D eigenvalue weighted by molar-refractivity contribution is -0.114. The summed E-state index contributed by atoms with van der Waals surface area (Å²) >= 11 is 0. The van der Waals surface area contributed by atoms with Gasteiger partial charge in [0.2, 0.25) is 5.91 Å². The third kappa shape index (κ3) is 4.67.